The summed E-state index contributed by atoms with van der Waals surface area (Å²) < 4.78 is 23.9. The van der Waals surface area contributed by atoms with Gasteiger partial charge in [-0.25, -0.2) is 13.4 Å². The van der Waals surface area contributed by atoms with Crippen molar-refractivity contribution in [2.45, 2.75) is 24.8 Å². The molecule has 2 amide bonds. The third-order valence-electron chi connectivity index (χ3n) is 4.56. The lowest BCUT2D eigenvalue weighted by atomic mass is 10.2. The van der Waals surface area contributed by atoms with Crippen molar-refractivity contribution in [3.05, 3.63) is 30.0 Å². The molecule has 154 valence electrons. The first-order chi connectivity index (χ1) is 13.5. The highest BCUT2D eigenvalue weighted by molar-refractivity contribution is 7.90. The number of anilines is 4. The lowest BCUT2D eigenvalue weighted by molar-refractivity contribution is -0.117. The Morgan fingerprint density at radius 3 is 2.55 bits per heavy atom. The fraction of sp³-hybridized carbons (Fsp3) is 0.333. The molecule has 1 aliphatic rings. The minimum atomic E-state index is -3.56. The molecule has 2 aromatic rings. The van der Waals surface area contributed by atoms with Gasteiger partial charge in [-0.2, -0.15) is 4.98 Å². The van der Waals surface area contributed by atoms with E-state index in [-0.39, 0.29) is 34.9 Å². The lowest BCUT2D eigenvalue weighted by Gasteiger charge is -2.36. The van der Waals surface area contributed by atoms with E-state index < -0.39 is 15.7 Å². The number of carbonyl (C=O) groups is 2. The van der Waals surface area contributed by atoms with Crippen LogP contribution < -0.4 is 20.9 Å². The monoisotopic (exact) mass is 418 g/mol. The molecule has 2 heterocycles. The van der Waals surface area contributed by atoms with Crippen LogP contribution in [0.5, 0.6) is 0 Å². The van der Waals surface area contributed by atoms with E-state index in [4.69, 9.17) is 5.73 Å². The molecule has 29 heavy (non-hydrogen) atoms. The van der Waals surface area contributed by atoms with Crippen LogP contribution in [0.1, 0.15) is 24.2 Å². The zero-order valence-electron chi connectivity index (χ0n) is 16.5. The smallest absolute Gasteiger partial charge is 0.248 e. The largest absolute Gasteiger partial charge is 0.366 e. The molecular formula is C18H22N6O4S. The SMILES string of the molecule is CC(C)N1CC(=O)N(C)c2cnc(Nc3cc(C(N)=O)cc(S(C)(=O)=O)c3)nc21. The van der Waals surface area contributed by atoms with Crippen LogP contribution in [0.25, 0.3) is 0 Å². The molecule has 11 heteroatoms. The Morgan fingerprint density at radius 2 is 1.97 bits per heavy atom. The van der Waals surface area contributed by atoms with Crippen molar-refractivity contribution in [2.24, 2.45) is 5.73 Å². The molecule has 0 radical (unpaired) electrons. The number of nitrogens with one attached hydrogen (secondary N) is 1. The molecule has 0 bridgehead atoms. The summed E-state index contributed by atoms with van der Waals surface area (Å²) in [5, 5.41) is 2.92. The first kappa shape index (κ1) is 20.5. The highest BCUT2D eigenvalue weighted by atomic mass is 32.2. The maximum absolute atomic E-state index is 12.2. The average Bonchev–Trinajstić information content (AvgIpc) is 2.63. The number of fused-ring (bicyclic) bond motifs is 1. The summed E-state index contributed by atoms with van der Waals surface area (Å²) in [5.41, 5.74) is 6.24. The predicted molar refractivity (Wildman–Crippen MR) is 109 cm³/mol. The first-order valence-corrected chi connectivity index (χ1v) is 10.7. The van der Waals surface area contributed by atoms with Gasteiger partial charge in [0.2, 0.25) is 17.8 Å². The van der Waals surface area contributed by atoms with Crippen LogP contribution in [0.3, 0.4) is 0 Å². The van der Waals surface area contributed by atoms with Gasteiger partial charge in [-0.15, -0.1) is 0 Å². The van der Waals surface area contributed by atoms with E-state index in [0.717, 1.165) is 6.26 Å². The van der Waals surface area contributed by atoms with Gasteiger partial charge in [0, 0.05) is 30.6 Å². The third kappa shape index (κ3) is 4.14. The van der Waals surface area contributed by atoms with Gasteiger partial charge in [-0.1, -0.05) is 0 Å². The van der Waals surface area contributed by atoms with Crippen molar-refractivity contribution >= 4 is 44.8 Å². The summed E-state index contributed by atoms with van der Waals surface area (Å²) in [6.45, 7) is 4.09. The normalized spacial score (nSPS) is 14.2. The van der Waals surface area contributed by atoms with Crippen LogP contribution >= 0.6 is 0 Å². The Morgan fingerprint density at radius 1 is 1.28 bits per heavy atom. The van der Waals surface area contributed by atoms with E-state index in [1.165, 1.54) is 29.3 Å². The number of nitrogens with zero attached hydrogens (tertiary/aromatic N) is 4. The van der Waals surface area contributed by atoms with E-state index in [2.05, 4.69) is 15.3 Å². The predicted octanol–water partition coefficient (Wildman–Crippen LogP) is 0.914. The van der Waals surface area contributed by atoms with Gasteiger partial charge in [-0.05, 0) is 32.0 Å². The molecule has 0 aliphatic carbocycles. The fourth-order valence-corrected chi connectivity index (χ4v) is 3.60. The molecule has 0 spiro atoms. The first-order valence-electron chi connectivity index (χ1n) is 8.79. The molecule has 1 aliphatic heterocycles. The topological polar surface area (TPSA) is 139 Å². The second-order valence-corrected chi connectivity index (χ2v) is 9.10. The summed E-state index contributed by atoms with van der Waals surface area (Å²) >= 11 is 0. The number of nitrogens with two attached hydrogens (primary N) is 1. The molecule has 0 unspecified atom stereocenters. The molecule has 3 rings (SSSR count). The molecule has 0 saturated carbocycles. The van der Waals surface area contributed by atoms with Gasteiger partial charge in [0.25, 0.3) is 0 Å². The summed E-state index contributed by atoms with van der Waals surface area (Å²) in [6, 6.07) is 4.05. The molecule has 10 nitrogen and oxygen atoms in total. The van der Waals surface area contributed by atoms with Crippen molar-refractivity contribution in [3.63, 3.8) is 0 Å². The number of hydrogen-bond acceptors (Lipinski definition) is 8. The molecule has 3 N–H and O–H groups in total. The number of aromatic nitrogens is 2. The standard InChI is InChI=1S/C18H22N6O4S/c1-10(2)24-9-15(25)23(3)14-8-20-18(22-17(14)24)21-12-5-11(16(19)26)6-13(7-12)29(4,27)28/h5-8,10H,9H2,1-4H3,(H2,19,26)(H,20,21,22). The number of primary amides is 1. The zero-order chi connectivity index (χ0) is 21.5. The van der Waals surface area contributed by atoms with Gasteiger partial charge >= 0.3 is 0 Å². The fourth-order valence-electron chi connectivity index (χ4n) is 2.92. The Hall–Kier alpha value is -3.21. The Kier molecular flexibility index (Phi) is 5.18. The van der Waals surface area contributed by atoms with Crippen LogP contribution in [0, 0.1) is 0 Å². The highest BCUT2D eigenvalue weighted by Crippen LogP contribution is 2.33. The van der Waals surface area contributed by atoms with E-state index in [9.17, 15) is 18.0 Å². The van der Waals surface area contributed by atoms with Crippen molar-refractivity contribution in [3.8, 4) is 0 Å². The Balaban J connectivity index is 2.04. The van der Waals surface area contributed by atoms with Gasteiger partial charge in [0.1, 0.15) is 5.69 Å². The number of hydrogen-bond donors (Lipinski definition) is 2. The van der Waals surface area contributed by atoms with Crippen LogP contribution in [-0.2, 0) is 14.6 Å². The quantitative estimate of drug-likeness (QED) is 0.731. The second kappa shape index (κ2) is 7.32. The Bertz CT molecular complexity index is 1100. The van der Waals surface area contributed by atoms with Crippen LogP contribution in [-0.4, -0.2) is 56.1 Å². The van der Waals surface area contributed by atoms with Crippen LogP contribution in [0.15, 0.2) is 29.3 Å². The second-order valence-electron chi connectivity index (χ2n) is 7.08. The van der Waals surface area contributed by atoms with Gasteiger partial charge in [0.15, 0.2) is 15.7 Å². The van der Waals surface area contributed by atoms with Crippen molar-refractivity contribution in [1.29, 1.82) is 0 Å². The van der Waals surface area contributed by atoms with Crippen LogP contribution in [0.2, 0.25) is 0 Å². The number of sulfone groups is 1. The summed E-state index contributed by atoms with van der Waals surface area (Å²) in [5.74, 6) is -0.0503. The molecule has 0 atom stereocenters. The maximum atomic E-state index is 12.2. The highest BCUT2D eigenvalue weighted by Gasteiger charge is 2.30. The van der Waals surface area contributed by atoms with Crippen molar-refractivity contribution < 1.29 is 18.0 Å². The average molecular weight is 418 g/mol. The van der Waals surface area contributed by atoms with Crippen molar-refractivity contribution in [2.75, 3.05) is 35.0 Å². The summed E-state index contributed by atoms with van der Waals surface area (Å²) in [6.07, 6.45) is 2.56. The minimum Gasteiger partial charge on any atom is -0.366 e. The van der Waals surface area contributed by atoms with E-state index in [1.807, 2.05) is 18.7 Å². The molecule has 0 fully saturated rings. The van der Waals surface area contributed by atoms with Crippen LogP contribution in [0.4, 0.5) is 23.1 Å². The van der Waals surface area contributed by atoms with Crippen molar-refractivity contribution in [1.82, 2.24) is 9.97 Å². The Labute approximate surface area is 168 Å². The maximum Gasteiger partial charge on any atom is 0.248 e. The van der Waals surface area contributed by atoms with E-state index in [0.29, 0.717) is 17.2 Å². The number of likely N-dealkylation sites (N-methyl/N-ethyl adjacent to an activating group) is 1. The zero-order valence-corrected chi connectivity index (χ0v) is 17.3. The number of carbonyl (C=O) groups excluding carboxylic acids is 2. The summed E-state index contributed by atoms with van der Waals surface area (Å²) in [4.78, 5) is 35.8. The number of benzene rings is 1. The van der Waals surface area contributed by atoms with E-state index >= 15 is 0 Å². The molecule has 1 aromatic carbocycles. The number of rotatable bonds is 5. The van der Waals surface area contributed by atoms with E-state index in [1.54, 1.807) is 7.05 Å². The lowest BCUT2D eigenvalue weighted by Crippen LogP contribution is -2.47. The number of amides is 2. The van der Waals surface area contributed by atoms with Gasteiger partial charge in [0.05, 0.1) is 17.6 Å². The third-order valence-corrected chi connectivity index (χ3v) is 5.65. The molecule has 1 aromatic heterocycles. The minimum absolute atomic E-state index is 0.0316. The van der Waals surface area contributed by atoms with Gasteiger partial charge < -0.3 is 20.9 Å². The molecule has 0 saturated heterocycles. The molecular weight excluding hydrogens is 396 g/mol. The van der Waals surface area contributed by atoms with Gasteiger partial charge in [-0.3, -0.25) is 9.59 Å². The summed E-state index contributed by atoms with van der Waals surface area (Å²) in [7, 11) is -1.91.